The predicted octanol–water partition coefficient (Wildman–Crippen LogP) is 3.30. The van der Waals surface area contributed by atoms with E-state index in [9.17, 15) is 4.79 Å². The van der Waals surface area contributed by atoms with Gasteiger partial charge in [-0.15, -0.1) is 0 Å². The van der Waals surface area contributed by atoms with Crippen LogP contribution in [-0.2, 0) is 6.42 Å². The average Bonchev–Trinajstić information content (AvgIpc) is 2.91. The molecule has 2 N–H and O–H groups in total. The summed E-state index contributed by atoms with van der Waals surface area (Å²) in [6.45, 7) is 0.578. The minimum absolute atomic E-state index is 0.156. The number of benzene rings is 1. The fraction of sp³-hybridized carbons (Fsp3) is 0.125. The number of aromatic nitrogens is 2. The number of halogens is 1. The molecule has 0 atom stereocenters. The third-order valence-corrected chi connectivity index (χ3v) is 3.74. The molecule has 0 saturated carbocycles. The average molecular weight is 344 g/mol. The van der Waals surface area contributed by atoms with Gasteiger partial charge in [0.2, 0.25) is 0 Å². The molecule has 5 heteroatoms. The van der Waals surface area contributed by atoms with E-state index >= 15 is 0 Å². The number of pyridine rings is 1. The fourth-order valence-electron chi connectivity index (χ4n) is 2.27. The van der Waals surface area contributed by atoms with E-state index in [4.69, 9.17) is 0 Å². The highest BCUT2D eigenvalue weighted by Crippen LogP contribution is 2.17. The Morgan fingerprint density at radius 3 is 2.90 bits per heavy atom. The Hall–Kier alpha value is -2.14. The zero-order chi connectivity index (χ0) is 14.7. The van der Waals surface area contributed by atoms with E-state index in [-0.39, 0.29) is 5.91 Å². The summed E-state index contributed by atoms with van der Waals surface area (Å²) in [5.41, 5.74) is 2.74. The number of nitrogens with zero attached hydrogens (tertiary/aromatic N) is 1. The Balaban J connectivity index is 1.62. The molecule has 0 radical (unpaired) electrons. The van der Waals surface area contributed by atoms with Crippen molar-refractivity contribution in [1.29, 1.82) is 0 Å². The van der Waals surface area contributed by atoms with Gasteiger partial charge in [-0.3, -0.25) is 4.79 Å². The van der Waals surface area contributed by atoms with Gasteiger partial charge in [0.1, 0.15) is 10.3 Å². The van der Waals surface area contributed by atoms with Crippen molar-refractivity contribution in [2.24, 2.45) is 0 Å². The number of rotatable bonds is 4. The zero-order valence-electron chi connectivity index (χ0n) is 11.3. The van der Waals surface area contributed by atoms with Gasteiger partial charge in [-0.05, 0) is 46.1 Å². The number of carbonyl (C=O) groups is 1. The SMILES string of the molecule is O=C(NCCc1c[nH]c2ccccc12)c1cccc(Br)n1. The third kappa shape index (κ3) is 3.13. The summed E-state index contributed by atoms with van der Waals surface area (Å²) in [5, 5.41) is 4.09. The summed E-state index contributed by atoms with van der Waals surface area (Å²) < 4.78 is 0.659. The Labute approximate surface area is 130 Å². The highest BCUT2D eigenvalue weighted by molar-refractivity contribution is 9.10. The summed E-state index contributed by atoms with van der Waals surface area (Å²) in [6.07, 6.45) is 2.78. The van der Waals surface area contributed by atoms with Crippen molar-refractivity contribution in [1.82, 2.24) is 15.3 Å². The van der Waals surface area contributed by atoms with Crippen molar-refractivity contribution in [2.75, 3.05) is 6.54 Å². The Morgan fingerprint density at radius 1 is 1.19 bits per heavy atom. The number of aromatic amines is 1. The van der Waals surface area contributed by atoms with Crippen LogP contribution in [0.5, 0.6) is 0 Å². The molecular formula is C16H14BrN3O. The first-order valence-corrected chi connectivity index (χ1v) is 7.49. The second-order valence-electron chi connectivity index (χ2n) is 4.71. The molecule has 21 heavy (non-hydrogen) atoms. The summed E-state index contributed by atoms with van der Waals surface area (Å²) in [5.74, 6) is -0.156. The number of carbonyl (C=O) groups excluding carboxylic acids is 1. The van der Waals surface area contributed by atoms with E-state index in [0.717, 1.165) is 11.9 Å². The van der Waals surface area contributed by atoms with Crippen LogP contribution in [0.3, 0.4) is 0 Å². The monoisotopic (exact) mass is 343 g/mol. The van der Waals surface area contributed by atoms with Gasteiger partial charge in [0, 0.05) is 23.6 Å². The van der Waals surface area contributed by atoms with Gasteiger partial charge < -0.3 is 10.3 Å². The highest BCUT2D eigenvalue weighted by atomic mass is 79.9. The first kappa shape index (κ1) is 13.8. The number of nitrogens with one attached hydrogen (secondary N) is 2. The molecule has 3 aromatic rings. The molecule has 2 aromatic heterocycles. The van der Waals surface area contributed by atoms with Crippen molar-refractivity contribution in [3.63, 3.8) is 0 Å². The molecule has 1 aromatic carbocycles. The van der Waals surface area contributed by atoms with E-state index in [1.807, 2.05) is 24.4 Å². The molecular weight excluding hydrogens is 330 g/mol. The molecule has 0 aliphatic heterocycles. The quantitative estimate of drug-likeness (QED) is 0.714. The number of para-hydroxylation sites is 1. The van der Waals surface area contributed by atoms with Crippen LogP contribution in [0.4, 0.5) is 0 Å². The summed E-state index contributed by atoms with van der Waals surface area (Å²) in [7, 11) is 0. The normalized spacial score (nSPS) is 10.7. The van der Waals surface area contributed by atoms with Crippen LogP contribution in [0, 0.1) is 0 Å². The maximum atomic E-state index is 12.0. The molecule has 0 bridgehead atoms. The molecule has 0 fully saturated rings. The summed E-state index contributed by atoms with van der Waals surface area (Å²) in [4.78, 5) is 19.4. The summed E-state index contributed by atoms with van der Waals surface area (Å²) in [6, 6.07) is 13.4. The van der Waals surface area contributed by atoms with Gasteiger partial charge >= 0.3 is 0 Å². The first-order chi connectivity index (χ1) is 10.2. The van der Waals surface area contributed by atoms with Gasteiger partial charge in [0.25, 0.3) is 5.91 Å². The van der Waals surface area contributed by atoms with Gasteiger partial charge in [-0.1, -0.05) is 24.3 Å². The number of amides is 1. The standard InChI is InChI=1S/C16H14BrN3O/c17-15-7-3-6-14(20-15)16(21)18-9-8-11-10-19-13-5-2-1-4-12(11)13/h1-7,10,19H,8-9H2,(H,18,21). The minimum atomic E-state index is -0.156. The Morgan fingerprint density at radius 2 is 2.05 bits per heavy atom. The molecule has 106 valence electrons. The van der Waals surface area contributed by atoms with Crippen LogP contribution >= 0.6 is 15.9 Å². The van der Waals surface area contributed by atoms with Crippen LogP contribution < -0.4 is 5.32 Å². The van der Waals surface area contributed by atoms with Gasteiger partial charge in [-0.2, -0.15) is 0 Å². The smallest absolute Gasteiger partial charge is 0.269 e. The Bertz CT molecular complexity index is 782. The van der Waals surface area contributed by atoms with Crippen molar-refractivity contribution < 1.29 is 4.79 Å². The lowest BCUT2D eigenvalue weighted by molar-refractivity contribution is 0.0949. The molecule has 4 nitrogen and oxygen atoms in total. The van der Waals surface area contributed by atoms with E-state index in [0.29, 0.717) is 16.8 Å². The molecule has 0 aliphatic carbocycles. The van der Waals surface area contributed by atoms with Crippen LogP contribution in [0.1, 0.15) is 16.1 Å². The van der Waals surface area contributed by atoms with Gasteiger partial charge in [0.15, 0.2) is 0 Å². The highest BCUT2D eigenvalue weighted by Gasteiger charge is 2.08. The molecule has 0 unspecified atom stereocenters. The lowest BCUT2D eigenvalue weighted by Gasteiger charge is -2.04. The molecule has 0 spiro atoms. The lowest BCUT2D eigenvalue weighted by atomic mass is 10.1. The maximum absolute atomic E-state index is 12.0. The number of H-pyrrole nitrogens is 1. The first-order valence-electron chi connectivity index (χ1n) is 6.70. The molecule has 3 rings (SSSR count). The van der Waals surface area contributed by atoms with Crippen LogP contribution in [-0.4, -0.2) is 22.4 Å². The maximum Gasteiger partial charge on any atom is 0.269 e. The fourth-order valence-corrected chi connectivity index (χ4v) is 2.62. The predicted molar refractivity (Wildman–Crippen MR) is 86.3 cm³/mol. The van der Waals surface area contributed by atoms with E-state index < -0.39 is 0 Å². The lowest BCUT2D eigenvalue weighted by Crippen LogP contribution is -2.26. The zero-order valence-corrected chi connectivity index (χ0v) is 12.9. The molecule has 0 saturated heterocycles. The third-order valence-electron chi connectivity index (χ3n) is 3.30. The Kier molecular flexibility index (Phi) is 4.01. The van der Waals surface area contributed by atoms with Gasteiger partial charge in [0.05, 0.1) is 0 Å². The number of fused-ring (bicyclic) bond motifs is 1. The van der Waals surface area contributed by atoms with Gasteiger partial charge in [-0.25, -0.2) is 4.98 Å². The summed E-state index contributed by atoms with van der Waals surface area (Å²) >= 11 is 3.26. The number of hydrogen-bond donors (Lipinski definition) is 2. The second-order valence-corrected chi connectivity index (χ2v) is 5.52. The van der Waals surface area contributed by atoms with Crippen molar-refractivity contribution in [3.8, 4) is 0 Å². The van der Waals surface area contributed by atoms with E-state index in [2.05, 4.69) is 37.3 Å². The van der Waals surface area contributed by atoms with Crippen molar-refractivity contribution >= 4 is 32.7 Å². The van der Waals surface area contributed by atoms with Crippen LogP contribution in [0.25, 0.3) is 10.9 Å². The molecule has 2 heterocycles. The molecule has 1 amide bonds. The minimum Gasteiger partial charge on any atom is -0.361 e. The van der Waals surface area contributed by atoms with Crippen LogP contribution in [0.2, 0.25) is 0 Å². The van der Waals surface area contributed by atoms with Crippen molar-refractivity contribution in [2.45, 2.75) is 6.42 Å². The second kappa shape index (κ2) is 6.10. The number of hydrogen-bond acceptors (Lipinski definition) is 2. The topological polar surface area (TPSA) is 57.8 Å². The van der Waals surface area contributed by atoms with Crippen LogP contribution in [0.15, 0.2) is 53.3 Å². The molecule has 0 aliphatic rings. The van der Waals surface area contributed by atoms with Crippen molar-refractivity contribution in [3.05, 3.63) is 64.5 Å². The van der Waals surface area contributed by atoms with E-state index in [1.165, 1.54) is 10.9 Å². The largest absolute Gasteiger partial charge is 0.361 e. The van der Waals surface area contributed by atoms with E-state index in [1.54, 1.807) is 18.2 Å².